The number of nitrogens with one attached hydrogen (secondary N) is 2. The molecule has 1 aromatic heterocycles. The number of hydrogen-bond acceptors (Lipinski definition) is 5. The van der Waals surface area contributed by atoms with Crippen molar-refractivity contribution in [2.75, 3.05) is 23.8 Å². The summed E-state index contributed by atoms with van der Waals surface area (Å²) >= 11 is 5.90. The first-order valence-corrected chi connectivity index (χ1v) is 5.19. The number of rotatable bonds is 5. The molecule has 1 heterocycles. The second-order valence-corrected chi connectivity index (χ2v) is 3.56. The van der Waals surface area contributed by atoms with E-state index in [1.54, 1.807) is 0 Å². The zero-order valence-electron chi connectivity index (χ0n) is 8.79. The smallest absolute Gasteiger partial charge is 0.224 e. The van der Waals surface area contributed by atoms with Crippen molar-refractivity contribution in [1.29, 1.82) is 0 Å². The summed E-state index contributed by atoms with van der Waals surface area (Å²) in [6.07, 6.45) is 1.53. The molecule has 0 aliphatic rings. The minimum atomic E-state index is -0.0909. The van der Waals surface area contributed by atoms with Gasteiger partial charge in [-0.15, -0.1) is 0 Å². The van der Waals surface area contributed by atoms with Crippen LogP contribution in [0.3, 0.4) is 0 Å². The largest absolute Gasteiger partial charge is 0.394 e. The van der Waals surface area contributed by atoms with Crippen LogP contribution in [0, 0.1) is 0 Å². The highest BCUT2D eigenvalue weighted by molar-refractivity contribution is 6.32. The maximum atomic E-state index is 8.90. The predicted octanol–water partition coefficient (Wildman–Crippen LogP) is 1.35. The van der Waals surface area contributed by atoms with Crippen LogP contribution in [0.25, 0.3) is 0 Å². The molecule has 0 radical (unpaired) electrons. The minimum Gasteiger partial charge on any atom is -0.394 e. The lowest BCUT2D eigenvalue weighted by atomic mass is 10.3. The molecule has 1 atom stereocenters. The number of aliphatic hydroxyl groups is 1. The highest BCUT2D eigenvalue weighted by Crippen LogP contribution is 2.19. The van der Waals surface area contributed by atoms with Crippen molar-refractivity contribution in [2.24, 2.45) is 0 Å². The first-order valence-electron chi connectivity index (χ1n) is 4.81. The van der Waals surface area contributed by atoms with Gasteiger partial charge in [-0.25, -0.2) is 4.98 Å². The number of nitrogens with zero attached hydrogens (tertiary/aromatic N) is 2. The third-order valence-electron chi connectivity index (χ3n) is 1.74. The molecule has 0 aliphatic heterocycles. The molecule has 0 saturated carbocycles. The molecule has 0 bridgehead atoms. The second-order valence-electron chi connectivity index (χ2n) is 3.15. The van der Waals surface area contributed by atoms with Gasteiger partial charge in [0.15, 0.2) is 5.82 Å². The van der Waals surface area contributed by atoms with Crippen LogP contribution in [-0.4, -0.2) is 34.3 Å². The quantitative estimate of drug-likeness (QED) is 0.713. The van der Waals surface area contributed by atoms with E-state index in [1.807, 2.05) is 13.8 Å². The van der Waals surface area contributed by atoms with Crippen LogP contribution < -0.4 is 10.6 Å². The van der Waals surface area contributed by atoms with Gasteiger partial charge in [0.2, 0.25) is 5.95 Å². The van der Waals surface area contributed by atoms with E-state index in [0.29, 0.717) is 16.8 Å². The summed E-state index contributed by atoms with van der Waals surface area (Å²) in [5.41, 5.74) is 0. The maximum absolute atomic E-state index is 8.90. The number of anilines is 2. The van der Waals surface area contributed by atoms with E-state index in [0.717, 1.165) is 6.54 Å². The molecule has 15 heavy (non-hydrogen) atoms. The second kappa shape index (κ2) is 5.72. The number of aromatic nitrogens is 2. The van der Waals surface area contributed by atoms with Crippen LogP contribution in [0.1, 0.15) is 13.8 Å². The van der Waals surface area contributed by atoms with Crippen molar-refractivity contribution in [3.63, 3.8) is 0 Å². The number of aliphatic hydroxyl groups excluding tert-OH is 1. The molecule has 1 unspecified atom stereocenters. The highest BCUT2D eigenvalue weighted by Gasteiger charge is 2.07. The molecule has 84 valence electrons. The highest BCUT2D eigenvalue weighted by atomic mass is 35.5. The Kier molecular flexibility index (Phi) is 4.58. The Balaban J connectivity index is 2.80. The predicted molar refractivity (Wildman–Crippen MR) is 61.4 cm³/mol. The lowest BCUT2D eigenvalue weighted by Gasteiger charge is -2.13. The Morgan fingerprint density at radius 1 is 1.60 bits per heavy atom. The topological polar surface area (TPSA) is 70.1 Å². The first kappa shape index (κ1) is 12.0. The van der Waals surface area contributed by atoms with E-state index in [-0.39, 0.29) is 12.6 Å². The van der Waals surface area contributed by atoms with Crippen molar-refractivity contribution in [3.05, 3.63) is 11.2 Å². The van der Waals surface area contributed by atoms with Crippen LogP contribution in [-0.2, 0) is 0 Å². The van der Waals surface area contributed by atoms with Crippen LogP contribution in [0.4, 0.5) is 11.8 Å². The zero-order valence-corrected chi connectivity index (χ0v) is 9.54. The van der Waals surface area contributed by atoms with Crippen molar-refractivity contribution in [2.45, 2.75) is 19.9 Å². The molecular weight excluding hydrogens is 216 g/mol. The molecule has 0 aliphatic carbocycles. The molecule has 5 nitrogen and oxygen atoms in total. The average molecular weight is 231 g/mol. The molecule has 3 N–H and O–H groups in total. The van der Waals surface area contributed by atoms with Crippen LogP contribution in [0.5, 0.6) is 0 Å². The fraction of sp³-hybridized carbons (Fsp3) is 0.556. The summed E-state index contributed by atoms with van der Waals surface area (Å²) in [5.74, 6) is 1.05. The maximum Gasteiger partial charge on any atom is 0.224 e. The van der Waals surface area contributed by atoms with Gasteiger partial charge in [-0.3, -0.25) is 0 Å². The molecule has 1 rings (SSSR count). The van der Waals surface area contributed by atoms with Gasteiger partial charge in [-0.1, -0.05) is 11.6 Å². The van der Waals surface area contributed by atoms with E-state index in [9.17, 15) is 0 Å². The summed E-state index contributed by atoms with van der Waals surface area (Å²) < 4.78 is 0. The van der Waals surface area contributed by atoms with Gasteiger partial charge in [0.05, 0.1) is 12.8 Å². The first-order chi connectivity index (χ1) is 7.17. The third kappa shape index (κ3) is 3.53. The molecule has 1 aromatic rings. The fourth-order valence-electron chi connectivity index (χ4n) is 0.991. The van der Waals surface area contributed by atoms with Gasteiger partial charge in [-0.05, 0) is 13.8 Å². The monoisotopic (exact) mass is 230 g/mol. The van der Waals surface area contributed by atoms with Crippen LogP contribution >= 0.6 is 11.6 Å². The zero-order chi connectivity index (χ0) is 11.3. The van der Waals surface area contributed by atoms with E-state index in [4.69, 9.17) is 16.7 Å². The van der Waals surface area contributed by atoms with Crippen LogP contribution in [0.2, 0.25) is 5.02 Å². The SMILES string of the molecule is CCNc1ncc(Cl)c(NC(C)CO)n1. The Morgan fingerprint density at radius 3 is 2.93 bits per heavy atom. The molecule has 6 heteroatoms. The Labute approximate surface area is 93.9 Å². The fourth-order valence-corrected chi connectivity index (χ4v) is 1.14. The van der Waals surface area contributed by atoms with Crippen LogP contribution in [0.15, 0.2) is 6.20 Å². The summed E-state index contributed by atoms with van der Waals surface area (Å²) in [7, 11) is 0. The third-order valence-corrected chi connectivity index (χ3v) is 2.01. The normalized spacial score (nSPS) is 12.3. The van der Waals surface area contributed by atoms with Crippen molar-refractivity contribution < 1.29 is 5.11 Å². The van der Waals surface area contributed by atoms with Crippen molar-refractivity contribution >= 4 is 23.4 Å². The van der Waals surface area contributed by atoms with Crippen molar-refractivity contribution in [3.8, 4) is 0 Å². The summed E-state index contributed by atoms with van der Waals surface area (Å²) in [6.45, 7) is 4.57. The van der Waals surface area contributed by atoms with Gasteiger partial charge in [0, 0.05) is 12.6 Å². The molecular formula is C9H15ClN4O. The molecule has 0 amide bonds. The minimum absolute atomic E-state index is 0.0247. The average Bonchev–Trinajstić information content (AvgIpc) is 2.23. The Bertz CT molecular complexity index is 321. The molecule has 0 fully saturated rings. The summed E-state index contributed by atoms with van der Waals surface area (Å²) in [6, 6.07) is -0.0909. The van der Waals surface area contributed by atoms with Gasteiger partial charge >= 0.3 is 0 Å². The van der Waals surface area contributed by atoms with Gasteiger partial charge < -0.3 is 15.7 Å². The number of halogens is 1. The summed E-state index contributed by atoms with van der Waals surface area (Å²) in [5, 5.41) is 15.3. The standard InChI is InChI=1S/C9H15ClN4O/c1-3-11-9-12-4-7(10)8(14-9)13-6(2)5-15/h4,6,15H,3,5H2,1-2H3,(H2,11,12,13,14). The molecule has 0 saturated heterocycles. The van der Waals surface area contributed by atoms with Gasteiger partial charge in [0.1, 0.15) is 5.02 Å². The molecule has 0 aromatic carbocycles. The Hall–Kier alpha value is -1.07. The lowest BCUT2D eigenvalue weighted by molar-refractivity contribution is 0.281. The van der Waals surface area contributed by atoms with Gasteiger partial charge in [0.25, 0.3) is 0 Å². The lowest BCUT2D eigenvalue weighted by Crippen LogP contribution is -2.20. The summed E-state index contributed by atoms with van der Waals surface area (Å²) in [4.78, 5) is 8.18. The van der Waals surface area contributed by atoms with Crippen molar-refractivity contribution in [1.82, 2.24) is 9.97 Å². The van der Waals surface area contributed by atoms with E-state index in [2.05, 4.69) is 20.6 Å². The van der Waals surface area contributed by atoms with E-state index < -0.39 is 0 Å². The van der Waals surface area contributed by atoms with E-state index in [1.165, 1.54) is 6.20 Å². The molecule has 0 spiro atoms. The van der Waals surface area contributed by atoms with E-state index >= 15 is 0 Å². The van der Waals surface area contributed by atoms with Gasteiger partial charge in [-0.2, -0.15) is 4.98 Å². The number of hydrogen-bond donors (Lipinski definition) is 3. The Morgan fingerprint density at radius 2 is 2.33 bits per heavy atom.